The molecule has 1 saturated heterocycles. The van der Waals surface area contributed by atoms with E-state index in [2.05, 4.69) is 48.3 Å². The highest BCUT2D eigenvalue weighted by molar-refractivity contribution is 5.81. The van der Waals surface area contributed by atoms with Gasteiger partial charge in [0.2, 0.25) is 5.91 Å². The molecule has 3 rings (SSSR count). The van der Waals surface area contributed by atoms with E-state index in [9.17, 15) is 4.79 Å². The van der Waals surface area contributed by atoms with Gasteiger partial charge in [0.1, 0.15) is 6.17 Å². The van der Waals surface area contributed by atoms with Crippen LogP contribution in [-0.2, 0) is 11.2 Å². The summed E-state index contributed by atoms with van der Waals surface area (Å²) in [7, 11) is 0. The second kappa shape index (κ2) is 6.18. The van der Waals surface area contributed by atoms with Gasteiger partial charge in [0.25, 0.3) is 0 Å². The Kier molecular flexibility index (Phi) is 4.29. The van der Waals surface area contributed by atoms with Crippen LogP contribution in [0.5, 0.6) is 0 Å². The summed E-state index contributed by atoms with van der Waals surface area (Å²) < 4.78 is 0. The molecule has 2 fully saturated rings. The van der Waals surface area contributed by atoms with Crippen molar-refractivity contribution < 1.29 is 4.79 Å². The van der Waals surface area contributed by atoms with E-state index >= 15 is 0 Å². The van der Waals surface area contributed by atoms with Crippen molar-refractivity contribution >= 4 is 5.91 Å². The zero-order valence-electron chi connectivity index (χ0n) is 13.1. The summed E-state index contributed by atoms with van der Waals surface area (Å²) in [6.07, 6.45) is 6.04. The number of carbonyl (C=O) groups is 1. The summed E-state index contributed by atoms with van der Waals surface area (Å²) >= 11 is 0. The van der Waals surface area contributed by atoms with Crippen LogP contribution in [0.1, 0.15) is 56.8 Å². The van der Waals surface area contributed by atoms with Gasteiger partial charge in [-0.25, -0.2) is 0 Å². The first kappa shape index (κ1) is 14.6. The van der Waals surface area contributed by atoms with Crippen molar-refractivity contribution in [2.45, 2.75) is 58.2 Å². The third-order valence-electron chi connectivity index (χ3n) is 4.88. The molecule has 1 aromatic rings. The molecule has 0 bridgehead atoms. The van der Waals surface area contributed by atoms with E-state index in [0.29, 0.717) is 12.6 Å². The Hall–Kier alpha value is -1.35. The minimum Gasteiger partial charge on any atom is -0.319 e. The second-order valence-electron chi connectivity index (χ2n) is 6.42. The molecule has 1 N–H and O–H groups in total. The van der Waals surface area contributed by atoms with E-state index in [1.807, 2.05) is 0 Å². The monoisotopic (exact) mass is 286 g/mol. The van der Waals surface area contributed by atoms with Crippen molar-refractivity contribution in [1.29, 1.82) is 0 Å². The van der Waals surface area contributed by atoms with Gasteiger partial charge < -0.3 is 4.90 Å². The van der Waals surface area contributed by atoms with E-state index in [1.54, 1.807) is 0 Å². The van der Waals surface area contributed by atoms with Crippen LogP contribution in [0.2, 0.25) is 0 Å². The van der Waals surface area contributed by atoms with Crippen molar-refractivity contribution in [3.8, 4) is 0 Å². The number of carbonyl (C=O) groups excluding carboxylic acids is 1. The van der Waals surface area contributed by atoms with Crippen molar-refractivity contribution in [1.82, 2.24) is 10.2 Å². The van der Waals surface area contributed by atoms with Gasteiger partial charge in [-0.05, 0) is 36.3 Å². The minimum absolute atomic E-state index is 0.0621. The van der Waals surface area contributed by atoms with Crippen molar-refractivity contribution in [2.24, 2.45) is 5.92 Å². The fraction of sp³-hybridized carbons (Fsp3) is 0.611. The standard InChI is InChI=1S/C18H26N2O/c1-3-13-7-9-15(10-8-13)18-19-12-17(21)20(18)16(4-2)11-14-5-6-14/h7-10,14,16,18-19H,3-6,11-12H2,1-2H3. The first-order chi connectivity index (χ1) is 10.2. The second-order valence-corrected chi connectivity index (χ2v) is 6.42. The third kappa shape index (κ3) is 3.13. The lowest BCUT2D eigenvalue weighted by Crippen LogP contribution is -2.39. The summed E-state index contributed by atoms with van der Waals surface area (Å²) in [6.45, 7) is 4.85. The Labute approximate surface area is 127 Å². The molecule has 114 valence electrons. The third-order valence-corrected chi connectivity index (χ3v) is 4.88. The number of rotatable bonds is 6. The zero-order chi connectivity index (χ0) is 14.8. The zero-order valence-corrected chi connectivity index (χ0v) is 13.1. The van der Waals surface area contributed by atoms with Gasteiger partial charge in [-0.1, -0.05) is 51.0 Å². The fourth-order valence-corrected chi connectivity index (χ4v) is 3.36. The molecule has 1 aliphatic carbocycles. The van der Waals surface area contributed by atoms with E-state index < -0.39 is 0 Å². The fourth-order valence-electron chi connectivity index (χ4n) is 3.36. The lowest BCUT2D eigenvalue weighted by atomic mass is 10.0. The Morgan fingerprint density at radius 1 is 1.24 bits per heavy atom. The molecule has 2 aliphatic rings. The number of nitrogens with zero attached hydrogens (tertiary/aromatic N) is 1. The largest absolute Gasteiger partial charge is 0.319 e. The molecule has 21 heavy (non-hydrogen) atoms. The van der Waals surface area contributed by atoms with Gasteiger partial charge in [0, 0.05) is 6.04 Å². The minimum atomic E-state index is 0.0621. The number of benzene rings is 1. The Morgan fingerprint density at radius 2 is 1.95 bits per heavy atom. The predicted octanol–water partition coefficient (Wildman–Crippen LogP) is 3.26. The molecular weight excluding hydrogens is 260 g/mol. The van der Waals surface area contributed by atoms with Crippen molar-refractivity contribution in [3.05, 3.63) is 35.4 Å². The molecule has 1 saturated carbocycles. The maximum Gasteiger partial charge on any atom is 0.238 e. The van der Waals surface area contributed by atoms with Crippen LogP contribution in [0, 0.1) is 5.92 Å². The highest BCUT2D eigenvalue weighted by Gasteiger charge is 2.38. The van der Waals surface area contributed by atoms with Crippen molar-refractivity contribution in [3.63, 3.8) is 0 Å². The average molecular weight is 286 g/mol. The number of nitrogens with one attached hydrogen (secondary N) is 1. The van der Waals surface area contributed by atoms with Gasteiger partial charge in [-0.15, -0.1) is 0 Å². The lowest BCUT2D eigenvalue weighted by Gasteiger charge is -2.32. The van der Waals surface area contributed by atoms with Gasteiger partial charge >= 0.3 is 0 Å². The average Bonchev–Trinajstić information content (AvgIpc) is 3.26. The quantitative estimate of drug-likeness (QED) is 0.870. The van der Waals surface area contributed by atoms with Gasteiger partial charge in [0.15, 0.2) is 0 Å². The molecule has 1 aromatic carbocycles. The maximum absolute atomic E-state index is 12.3. The molecule has 3 nitrogen and oxygen atoms in total. The lowest BCUT2D eigenvalue weighted by molar-refractivity contribution is -0.130. The van der Waals surface area contributed by atoms with Crippen LogP contribution in [0.25, 0.3) is 0 Å². The maximum atomic E-state index is 12.3. The first-order valence-corrected chi connectivity index (χ1v) is 8.36. The van der Waals surface area contributed by atoms with Crippen LogP contribution < -0.4 is 5.32 Å². The Bertz CT molecular complexity index is 492. The van der Waals surface area contributed by atoms with E-state index in [4.69, 9.17) is 0 Å². The summed E-state index contributed by atoms with van der Waals surface area (Å²) in [6, 6.07) is 9.09. The molecule has 2 atom stereocenters. The predicted molar refractivity (Wildman–Crippen MR) is 84.8 cm³/mol. The molecule has 1 heterocycles. The molecular formula is C18H26N2O. The van der Waals surface area contributed by atoms with Gasteiger partial charge in [-0.2, -0.15) is 0 Å². The SMILES string of the molecule is CCc1ccc(C2NCC(=O)N2C(CC)CC2CC2)cc1. The van der Waals surface area contributed by atoms with Crippen LogP contribution in [0.3, 0.4) is 0 Å². The van der Waals surface area contributed by atoms with Crippen LogP contribution in [0.4, 0.5) is 0 Å². The molecule has 2 unspecified atom stereocenters. The van der Waals surface area contributed by atoms with E-state index in [1.165, 1.54) is 30.4 Å². The number of hydrogen-bond donors (Lipinski definition) is 1. The molecule has 3 heteroatoms. The topological polar surface area (TPSA) is 32.3 Å². The number of amides is 1. The summed E-state index contributed by atoms with van der Waals surface area (Å²) in [4.78, 5) is 14.5. The summed E-state index contributed by atoms with van der Waals surface area (Å²) in [5.41, 5.74) is 2.56. The van der Waals surface area contributed by atoms with Crippen LogP contribution in [-0.4, -0.2) is 23.4 Å². The molecule has 0 spiro atoms. The number of aryl methyl sites for hydroxylation is 1. The normalized spacial score (nSPS) is 23.6. The summed E-state index contributed by atoms with van der Waals surface area (Å²) in [5, 5.41) is 3.40. The number of hydrogen-bond acceptors (Lipinski definition) is 2. The molecule has 0 aromatic heterocycles. The smallest absolute Gasteiger partial charge is 0.238 e. The van der Waals surface area contributed by atoms with Gasteiger partial charge in [0.05, 0.1) is 6.54 Å². The highest BCUT2D eigenvalue weighted by Crippen LogP contribution is 2.37. The molecule has 1 aliphatic heterocycles. The van der Waals surface area contributed by atoms with Crippen LogP contribution in [0.15, 0.2) is 24.3 Å². The summed E-state index contributed by atoms with van der Waals surface area (Å²) in [5.74, 6) is 1.11. The van der Waals surface area contributed by atoms with Crippen LogP contribution >= 0.6 is 0 Å². The van der Waals surface area contributed by atoms with Gasteiger partial charge in [-0.3, -0.25) is 10.1 Å². The van der Waals surface area contributed by atoms with E-state index in [0.717, 1.165) is 18.8 Å². The van der Waals surface area contributed by atoms with Crippen molar-refractivity contribution in [2.75, 3.05) is 6.54 Å². The Morgan fingerprint density at radius 3 is 2.52 bits per heavy atom. The molecule has 1 amide bonds. The Balaban J connectivity index is 1.79. The first-order valence-electron chi connectivity index (χ1n) is 8.36. The molecule has 0 radical (unpaired) electrons. The van der Waals surface area contributed by atoms with E-state index in [-0.39, 0.29) is 12.1 Å². The highest BCUT2D eigenvalue weighted by atomic mass is 16.2.